The molecule has 24 heavy (non-hydrogen) atoms. The van der Waals surface area contributed by atoms with E-state index in [1.807, 2.05) is 36.5 Å². The Kier molecular flexibility index (Phi) is 3.65. The second-order valence-corrected chi connectivity index (χ2v) is 5.97. The minimum atomic E-state index is -2.78. The molecule has 0 radical (unpaired) electrons. The van der Waals surface area contributed by atoms with Crippen molar-refractivity contribution in [2.45, 2.75) is 18.6 Å². The number of nitrogens with one attached hydrogen (secondary N) is 1. The SMILES string of the molecule is FC1(F)COC1c1cccc(NCc2cnc3ccccc3c2)c1. The molecule has 5 heteroatoms. The zero-order valence-electron chi connectivity index (χ0n) is 12.9. The molecule has 4 rings (SSSR count). The van der Waals surface area contributed by atoms with E-state index in [-0.39, 0.29) is 0 Å². The fourth-order valence-electron chi connectivity index (χ4n) is 2.86. The number of hydrogen-bond donors (Lipinski definition) is 1. The largest absolute Gasteiger partial charge is 0.381 e. The van der Waals surface area contributed by atoms with Crippen LogP contribution in [0.4, 0.5) is 14.5 Å². The number of para-hydroxylation sites is 1. The van der Waals surface area contributed by atoms with Crippen LogP contribution in [-0.2, 0) is 11.3 Å². The van der Waals surface area contributed by atoms with Gasteiger partial charge in [0.2, 0.25) is 0 Å². The molecule has 2 heterocycles. The number of benzene rings is 2. The summed E-state index contributed by atoms with van der Waals surface area (Å²) in [5.74, 6) is -2.78. The van der Waals surface area contributed by atoms with Crippen molar-refractivity contribution in [3.8, 4) is 0 Å². The van der Waals surface area contributed by atoms with Gasteiger partial charge in [-0.05, 0) is 35.4 Å². The topological polar surface area (TPSA) is 34.1 Å². The lowest BCUT2D eigenvalue weighted by molar-refractivity contribution is -0.268. The number of alkyl halides is 2. The van der Waals surface area contributed by atoms with Crippen LogP contribution in [0.25, 0.3) is 10.9 Å². The maximum absolute atomic E-state index is 13.5. The number of ether oxygens (including phenoxy) is 1. The maximum atomic E-state index is 13.5. The Balaban J connectivity index is 1.49. The number of hydrogen-bond acceptors (Lipinski definition) is 3. The molecule has 3 aromatic rings. The molecular weight excluding hydrogens is 310 g/mol. The van der Waals surface area contributed by atoms with Crippen molar-refractivity contribution in [3.63, 3.8) is 0 Å². The van der Waals surface area contributed by atoms with Gasteiger partial charge in [0.1, 0.15) is 12.7 Å². The third-order valence-corrected chi connectivity index (χ3v) is 4.16. The normalized spacial score (nSPS) is 19.0. The molecule has 1 N–H and O–H groups in total. The highest BCUT2D eigenvalue weighted by Crippen LogP contribution is 2.43. The molecule has 122 valence electrons. The first-order chi connectivity index (χ1) is 11.6. The summed E-state index contributed by atoms with van der Waals surface area (Å²) < 4.78 is 31.9. The van der Waals surface area contributed by atoms with E-state index in [0.29, 0.717) is 12.1 Å². The van der Waals surface area contributed by atoms with Gasteiger partial charge < -0.3 is 10.1 Å². The molecule has 0 aliphatic carbocycles. The molecule has 0 saturated carbocycles. The first-order valence-electron chi connectivity index (χ1n) is 7.79. The van der Waals surface area contributed by atoms with Gasteiger partial charge in [-0.15, -0.1) is 0 Å². The number of rotatable bonds is 4. The minimum absolute atomic E-state index is 0.493. The summed E-state index contributed by atoms with van der Waals surface area (Å²) in [6, 6.07) is 17.0. The van der Waals surface area contributed by atoms with E-state index in [9.17, 15) is 8.78 Å². The van der Waals surface area contributed by atoms with Crippen LogP contribution in [0.5, 0.6) is 0 Å². The van der Waals surface area contributed by atoms with Gasteiger partial charge in [0.15, 0.2) is 0 Å². The van der Waals surface area contributed by atoms with Crippen LogP contribution >= 0.6 is 0 Å². The lowest BCUT2D eigenvalue weighted by atomic mass is 9.99. The number of fused-ring (bicyclic) bond motifs is 1. The average Bonchev–Trinajstić information content (AvgIpc) is 2.59. The third-order valence-electron chi connectivity index (χ3n) is 4.16. The van der Waals surface area contributed by atoms with Crippen molar-refractivity contribution in [1.82, 2.24) is 4.98 Å². The van der Waals surface area contributed by atoms with E-state index in [4.69, 9.17) is 4.74 Å². The van der Waals surface area contributed by atoms with Crippen molar-refractivity contribution in [3.05, 3.63) is 71.9 Å². The van der Waals surface area contributed by atoms with Gasteiger partial charge in [-0.25, -0.2) is 8.78 Å². The van der Waals surface area contributed by atoms with Gasteiger partial charge in [0.05, 0.1) is 5.52 Å². The zero-order valence-corrected chi connectivity index (χ0v) is 12.9. The van der Waals surface area contributed by atoms with Crippen LogP contribution in [0.2, 0.25) is 0 Å². The Morgan fingerprint density at radius 2 is 2.00 bits per heavy atom. The molecule has 0 spiro atoms. The molecule has 0 amide bonds. The number of anilines is 1. The second-order valence-electron chi connectivity index (χ2n) is 5.97. The highest BCUT2D eigenvalue weighted by atomic mass is 19.3. The summed E-state index contributed by atoms with van der Waals surface area (Å²) in [4.78, 5) is 4.42. The van der Waals surface area contributed by atoms with E-state index >= 15 is 0 Å². The summed E-state index contributed by atoms with van der Waals surface area (Å²) in [6.07, 6.45) is 0.684. The van der Waals surface area contributed by atoms with Gasteiger partial charge >= 0.3 is 5.92 Å². The Morgan fingerprint density at radius 1 is 1.12 bits per heavy atom. The van der Waals surface area contributed by atoms with Crippen LogP contribution in [0.15, 0.2) is 60.8 Å². The summed E-state index contributed by atoms with van der Waals surface area (Å²) in [7, 11) is 0. The minimum Gasteiger partial charge on any atom is -0.381 e. The molecule has 1 aromatic heterocycles. The van der Waals surface area contributed by atoms with Crippen LogP contribution in [-0.4, -0.2) is 17.5 Å². The predicted octanol–water partition coefficient (Wildman–Crippen LogP) is 4.55. The molecule has 1 fully saturated rings. The Labute approximate surface area is 138 Å². The number of nitrogens with zero attached hydrogens (tertiary/aromatic N) is 1. The summed E-state index contributed by atoms with van der Waals surface area (Å²) >= 11 is 0. The summed E-state index contributed by atoms with van der Waals surface area (Å²) in [6.45, 7) is 0.0707. The second kappa shape index (κ2) is 5.83. The van der Waals surface area contributed by atoms with Crippen molar-refractivity contribution in [2.75, 3.05) is 11.9 Å². The average molecular weight is 326 g/mol. The highest BCUT2D eigenvalue weighted by Gasteiger charge is 2.51. The predicted molar refractivity (Wildman–Crippen MR) is 89.2 cm³/mol. The van der Waals surface area contributed by atoms with Crippen LogP contribution in [0, 0.1) is 0 Å². The first-order valence-corrected chi connectivity index (χ1v) is 7.79. The Bertz CT molecular complexity index is 882. The molecule has 1 aliphatic rings. The highest BCUT2D eigenvalue weighted by molar-refractivity contribution is 5.78. The van der Waals surface area contributed by atoms with E-state index in [1.165, 1.54) is 0 Å². The van der Waals surface area contributed by atoms with E-state index in [0.717, 1.165) is 22.2 Å². The first kappa shape index (κ1) is 15.0. The molecule has 1 saturated heterocycles. The smallest absolute Gasteiger partial charge is 0.300 e. The number of pyridine rings is 1. The van der Waals surface area contributed by atoms with Gasteiger partial charge in [-0.2, -0.15) is 0 Å². The standard InChI is InChI=1S/C19H16F2N2O/c20-19(21)12-24-18(19)15-5-3-6-16(9-15)22-10-13-8-14-4-1-2-7-17(14)23-11-13/h1-9,11,18,22H,10,12H2. The summed E-state index contributed by atoms with van der Waals surface area (Å²) in [5.41, 5.74) is 3.26. The van der Waals surface area contributed by atoms with Gasteiger partial charge in [-0.1, -0.05) is 30.3 Å². The molecule has 1 unspecified atom stereocenters. The molecule has 0 bridgehead atoms. The Hall–Kier alpha value is -2.53. The maximum Gasteiger partial charge on any atom is 0.300 e. The monoisotopic (exact) mass is 326 g/mol. The van der Waals surface area contributed by atoms with Gasteiger partial charge in [-0.3, -0.25) is 4.98 Å². The van der Waals surface area contributed by atoms with Crippen molar-refractivity contribution in [2.24, 2.45) is 0 Å². The fourth-order valence-corrected chi connectivity index (χ4v) is 2.86. The quantitative estimate of drug-likeness (QED) is 0.763. The van der Waals surface area contributed by atoms with Crippen LogP contribution in [0.3, 0.4) is 0 Å². The number of aromatic nitrogens is 1. The van der Waals surface area contributed by atoms with Crippen molar-refractivity contribution < 1.29 is 13.5 Å². The Morgan fingerprint density at radius 3 is 2.79 bits per heavy atom. The van der Waals surface area contributed by atoms with E-state index in [2.05, 4.69) is 16.4 Å². The fraction of sp³-hybridized carbons (Fsp3) is 0.211. The lowest BCUT2D eigenvalue weighted by Crippen LogP contribution is -2.44. The van der Waals surface area contributed by atoms with Crippen molar-refractivity contribution in [1.29, 1.82) is 0 Å². The molecule has 2 aromatic carbocycles. The zero-order chi connectivity index (χ0) is 16.6. The third kappa shape index (κ3) is 2.83. The van der Waals surface area contributed by atoms with Crippen LogP contribution in [0.1, 0.15) is 17.2 Å². The molecule has 1 aliphatic heterocycles. The van der Waals surface area contributed by atoms with Crippen LogP contribution < -0.4 is 5.32 Å². The molecular formula is C19H16F2N2O. The number of halogens is 2. The van der Waals surface area contributed by atoms with E-state index < -0.39 is 18.6 Å². The van der Waals surface area contributed by atoms with E-state index in [1.54, 1.807) is 18.2 Å². The van der Waals surface area contributed by atoms with Gasteiger partial charge in [0, 0.05) is 23.8 Å². The van der Waals surface area contributed by atoms with Gasteiger partial charge in [0.25, 0.3) is 0 Å². The molecule has 3 nitrogen and oxygen atoms in total. The molecule has 1 atom stereocenters. The van der Waals surface area contributed by atoms with Crippen molar-refractivity contribution >= 4 is 16.6 Å². The lowest BCUT2D eigenvalue weighted by Gasteiger charge is -2.36. The summed E-state index contributed by atoms with van der Waals surface area (Å²) in [5, 5.41) is 4.33.